The van der Waals surface area contributed by atoms with Gasteiger partial charge >= 0.3 is 6.36 Å². The minimum Gasteiger partial charge on any atom is -0.406 e. The van der Waals surface area contributed by atoms with E-state index in [1.165, 1.54) is 24.3 Å². The number of alkyl halides is 3. The van der Waals surface area contributed by atoms with Crippen LogP contribution in [0, 0.1) is 0 Å². The number of aliphatic imine (C=N–C) groups is 1. The van der Waals surface area contributed by atoms with E-state index >= 15 is 0 Å². The molecule has 0 fully saturated rings. The molecular formula is C17H15F3N4O. The average Bonchev–Trinajstić information content (AvgIpc) is 2.96. The predicted octanol–water partition coefficient (Wildman–Crippen LogP) is 3.99. The third kappa shape index (κ3) is 4.66. The smallest absolute Gasteiger partial charge is 0.406 e. The monoisotopic (exact) mass is 348 g/mol. The van der Waals surface area contributed by atoms with Crippen LogP contribution < -0.4 is 15.8 Å². The molecule has 0 saturated heterocycles. The molecule has 25 heavy (non-hydrogen) atoms. The lowest BCUT2D eigenvalue weighted by atomic mass is 10.2. The summed E-state index contributed by atoms with van der Waals surface area (Å²) in [5.74, 6) is -0.144. The van der Waals surface area contributed by atoms with Crippen molar-refractivity contribution in [1.82, 2.24) is 4.98 Å². The van der Waals surface area contributed by atoms with Crippen molar-refractivity contribution in [2.75, 3.05) is 5.32 Å². The van der Waals surface area contributed by atoms with Crippen LogP contribution in [-0.2, 0) is 6.54 Å². The Kier molecular flexibility index (Phi) is 4.51. The SMILES string of the molecule is NC(=NCc1cc2ccccc2[nH]1)Nc1ccc(OC(F)(F)F)cc1. The molecule has 0 unspecified atom stereocenters. The maximum atomic E-state index is 12.1. The van der Waals surface area contributed by atoms with E-state index in [-0.39, 0.29) is 11.7 Å². The van der Waals surface area contributed by atoms with E-state index < -0.39 is 6.36 Å². The third-order valence-corrected chi connectivity index (χ3v) is 3.37. The van der Waals surface area contributed by atoms with Crippen molar-refractivity contribution < 1.29 is 17.9 Å². The van der Waals surface area contributed by atoms with Crippen molar-refractivity contribution in [3.8, 4) is 5.75 Å². The van der Waals surface area contributed by atoms with Crippen LogP contribution in [0.1, 0.15) is 5.69 Å². The first-order valence-electron chi connectivity index (χ1n) is 7.38. The van der Waals surface area contributed by atoms with E-state index in [0.717, 1.165) is 16.6 Å². The summed E-state index contributed by atoms with van der Waals surface area (Å²) in [6.07, 6.45) is -4.71. The molecular weight excluding hydrogens is 333 g/mol. The summed E-state index contributed by atoms with van der Waals surface area (Å²) in [4.78, 5) is 7.44. The van der Waals surface area contributed by atoms with E-state index in [9.17, 15) is 13.2 Å². The topological polar surface area (TPSA) is 75.4 Å². The molecule has 3 aromatic rings. The molecule has 8 heteroatoms. The van der Waals surface area contributed by atoms with Gasteiger partial charge in [0.2, 0.25) is 0 Å². The van der Waals surface area contributed by atoms with Gasteiger partial charge in [-0.25, -0.2) is 4.99 Å². The fourth-order valence-electron chi connectivity index (χ4n) is 2.32. The summed E-state index contributed by atoms with van der Waals surface area (Å²) >= 11 is 0. The number of para-hydroxylation sites is 1. The fourth-order valence-corrected chi connectivity index (χ4v) is 2.32. The zero-order chi connectivity index (χ0) is 17.9. The van der Waals surface area contributed by atoms with Gasteiger partial charge in [-0.2, -0.15) is 0 Å². The maximum Gasteiger partial charge on any atom is 0.573 e. The molecule has 0 radical (unpaired) electrons. The molecule has 130 valence electrons. The number of H-pyrrole nitrogens is 1. The van der Waals surface area contributed by atoms with Gasteiger partial charge < -0.3 is 20.8 Å². The highest BCUT2D eigenvalue weighted by molar-refractivity contribution is 5.92. The number of anilines is 1. The van der Waals surface area contributed by atoms with Crippen molar-refractivity contribution >= 4 is 22.5 Å². The minimum absolute atomic E-state index is 0.156. The number of fused-ring (bicyclic) bond motifs is 1. The first-order valence-corrected chi connectivity index (χ1v) is 7.38. The molecule has 0 aliphatic heterocycles. The lowest BCUT2D eigenvalue weighted by Crippen LogP contribution is -2.22. The highest BCUT2D eigenvalue weighted by Crippen LogP contribution is 2.23. The van der Waals surface area contributed by atoms with Crippen LogP contribution in [0.15, 0.2) is 59.6 Å². The van der Waals surface area contributed by atoms with Gasteiger partial charge in [0.25, 0.3) is 0 Å². The molecule has 1 heterocycles. The lowest BCUT2D eigenvalue weighted by Gasteiger charge is -2.10. The summed E-state index contributed by atoms with van der Waals surface area (Å²) in [7, 11) is 0. The van der Waals surface area contributed by atoms with Crippen LogP contribution in [0.2, 0.25) is 0 Å². The summed E-state index contributed by atoms with van der Waals surface area (Å²) in [5, 5.41) is 3.90. The number of aromatic amines is 1. The van der Waals surface area contributed by atoms with E-state index in [4.69, 9.17) is 5.73 Å². The second-order valence-corrected chi connectivity index (χ2v) is 5.28. The van der Waals surface area contributed by atoms with Crippen LogP contribution in [0.3, 0.4) is 0 Å². The molecule has 3 rings (SSSR count). The largest absolute Gasteiger partial charge is 0.573 e. The molecule has 0 aliphatic rings. The number of nitrogens with one attached hydrogen (secondary N) is 2. The maximum absolute atomic E-state index is 12.1. The molecule has 0 atom stereocenters. The molecule has 0 amide bonds. The molecule has 0 saturated carbocycles. The van der Waals surface area contributed by atoms with E-state index in [2.05, 4.69) is 20.0 Å². The number of benzene rings is 2. The van der Waals surface area contributed by atoms with Gasteiger partial charge in [0.1, 0.15) is 5.75 Å². The molecule has 5 nitrogen and oxygen atoms in total. The Morgan fingerprint density at radius 2 is 1.84 bits per heavy atom. The lowest BCUT2D eigenvalue weighted by molar-refractivity contribution is -0.274. The highest BCUT2D eigenvalue weighted by Gasteiger charge is 2.30. The van der Waals surface area contributed by atoms with Gasteiger partial charge in [-0.1, -0.05) is 18.2 Å². The Morgan fingerprint density at radius 3 is 2.52 bits per heavy atom. The van der Waals surface area contributed by atoms with Crippen molar-refractivity contribution in [3.63, 3.8) is 0 Å². The number of guanidine groups is 1. The highest BCUT2D eigenvalue weighted by atomic mass is 19.4. The van der Waals surface area contributed by atoms with Gasteiger partial charge in [0, 0.05) is 16.9 Å². The molecule has 1 aromatic heterocycles. The van der Waals surface area contributed by atoms with Gasteiger partial charge in [0.05, 0.1) is 6.54 Å². The first-order chi connectivity index (χ1) is 11.9. The van der Waals surface area contributed by atoms with Gasteiger partial charge in [-0.05, 0) is 41.8 Å². The summed E-state index contributed by atoms with van der Waals surface area (Å²) in [5.41, 5.74) is 8.22. The number of nitrogens with two attached hydrogens (primary N) is 1. The number of halogens is 3. The van der Waals surface area contributed by atoms with E-state index in [0.29, 0.717) is 12.2 Å². The van der Waals surface area contributed by atoms with E-state index in [1.54, 1.807) is 0 Å². The third-order valence-electron chi connectivity index (χ3n) is 3.37. The summed E-state index contributed by atoms with van der Waals surface area (Å²) in [6.45, 7) is 0.350. The fraction of sp³-hybridized carbons (Fsp3) is 0.118. The first kappa shape index (κ1) is 16.7. The normalized spacial score (nSPS) is 12.4. The van der Waals surface area contributed by atoms with Gasteiger partial charge in [-0.15, -0.1) is 13.2 Å². The summed E-state index contributed by atoms with van der Waals surface area (Å²) in [6, 6.07) is 15.1. The Bertz CT molecular complexity index is 852. The zero-order valence-corrected chi connectivity index (χ0v) is 13.0. The molecule has 2 aromatic carbocycles. The number of ether oxygens (including phenoxy) is 1. The molecule has 0 spiro atoms. The zero-order valence-electron chi connectivity index (χ0n) is 13.0. The van der Waals surface area contributed by atoms with Crippen molar-refractivity contribution in [1.29, 1.82) is 0 Å². The summed E-state index contributed by atoms with van der Waals surface area (Å²) < 4.78 is 40.1. The van der Waals surface area contributed by atoms with Crippen LogP contribution in [0.5, 0.6) is 5.75 Å². The van der Waals surface area contributed by atoms with Crippen molar-refractivity contribution in [2.45, 2.75) is 12.9 Å². The van der Waals surface area contributed by atoms with Crippen LogP contribution in [0.25, 0.3) is 10.9 Å². The minimum atomic E-state index is -4.71. The standard InChI is InChI=1S/C17H15F3N4O/c18-17(19,20)25-14-7-5-12(6-8-14)24-16(21)22-10-13-9-11-3-1-2-4-15(11)23-13/h1-9,23H,10H2,(H3,21,22,24). The van der Waals surface area contributed by atoms with E-state index in [1.807, 2.05) is 30.3 Å². The Hall–Kier alpha value is -3.16. The number of hydrogen-bond donors (Lipinski definition) is 3. The molecule has 0 aliphatic carbocycles. The molecule has 0 bridgehead atoms. The van der Waals surface area contributed by atoms with Crippen LogP contribution in [0.4, 0.5) is 18.9 Å². The average molecular weight is 348 g/mol. The van der Waals surface area contributed by atoms with Crippen LogP contribution in [-0.4, -0.2) is 17.3 Å². The van der Waals surface area contributed by atoms with Crippen LogP contribution >= 0.6 is 0 Å². The van der Waals surface area contributed by atoms with Crippen molar-refractivity contribution in [2.24, 2.45) is 10.7 Å². The Labute approximate surface area is 141 Å². The number of hydrogen-bond acceptors (Lipinski definition) is 2. The quantitative estimate of drug-likeness (QED) is 0.493. The van der Waals surface area contributed by atoms with Gasteiger partial charge in [-0.3, -0.25) is 0 Å². The predicted molar refractivity (Wildman–Crippen MR) is 90.4 cm³/mol. The second-order valence-electron chi connectivity index (χ2n) is 5.28. The number of rotatable bonds is 4. The molecule has 4 N–H and O–H groups in total. The van der Waals surface area contributed by atoms with Gasteiger partial charge in [0.15, 0.2) is 5.96 Å². The Morgan fingerprint density at radius 1 is 1.12 bits per heavy atom. The number of aromatic nitrogens is 1. The number of nitrogens with zero attached hydrogens (tertiary/aromatic N) is 1. The second kappa shape index (κ2) is 6.76. The van der Waals surface area contributed by atoms with Crippen molar-refractivity contribution in [3.05, 3.63) is 60.3 Å². The Balaban J connectivity index is 1.61.